The van der Waals surface area contributed by atoms with Gasteiger partial charge in [0.05, 0.1) is 6.61 Å². The molecule has 12 heavy (non-hydrogen) atoms. The lowest BCUT2D eigenvalue weighted by Crippen LogP contribution is -1.80. The summed E-state index contributed by atoms with van der Waals surface area (Å²) in [5.41, 5.74) is 1.14. The molecule has 0 saturated heterocycles. The summed E-state index contributed by atoms with van der Waals surface area (Å²) in [5, 5.41) is 0.763. The Morgan fingerprint density at radius 1 is 1.33 bits per heavy atom. The van der Waals surface area contributed by atoms with Crippen molar-refractivity contribution >= 4 is 17.7 Å². The second-order valence-electron chi connectivity index (χ2n) is 2.41. The Balaban J connectivity index is 2.58. The fraction of sp³-hybridized carbons (Fsp3) is 0.200. The van der Waals surface area contributed by atoms with Gasteiger partial charge >= 0.3 is 0 Å². The first-order valence-corrected chi connectivity index (χ1v) is 4.12. The third-order valence-electron chi connectivity index (χ3n) is 1.44. The maximum absolute atomic E-state index is 5.72. The van der Waals surface area contributed by atoms with Crippen molar-refractivity contribution in [2.45, 2.75) is 0 Å². The molecule has 0 unspecified atom stereocenters. The minimum absolute atomic E-state index is 0.641. The van der Waals surface area contributed by atoms with Crippen LogP contribution in [0, 0.1) is 0 Å². The SMILES string of the molecule is COCC=Cc1ccc(Cl)cc1. The van der Waals surface area contributed by atoms with E-state index in [1.807, 2.05) is 36.4 Å². The number of rotatable bonds is 3. The van der Waals surface area contributed by atoms with E-state index in [9.17, 15) is 0 Å². The van der Waals surface area contributed by atoms with Crippen LogP contribution in [-0.2, 0) is 4.74 Å². The molecule has 0 saturated carbocycles. The Kier molecular flexibility index (Phi) is 3.85. The Bertz CT molecular complexity index is 251. The molecular weight excluding hydrogens is 172 g/mol. The van der Waals surface area contributed by atoms with Gasteiger partial charge in [-0.15, -0.1) is 0 Å². The molecule has 0 spiro atoms. The van der Waals surface area contributed by atoms with Crippen molar-refractivity contribution in [2.24, 2.45) is 0 Å². The molecule has 1 nitrogen and oxygen atoms in total. The highest BCUT2D eigenvalue weighted by Gasteiger charge is 1.86. The molecule has 0 radical (unpaired) electrons. The molecule has 1 rings (SSSR count). The quantitative estimate of drug-likeness (QED) is 0.699. The van der Waals surface area contributed by atoms with Gasteiger partial charge in [-0.3, -0.25) is 0 Å². The topological polar surface area (TPSA) is 9.23 Å². The van der Waals surface area contributed by atoms with Gasteiger partial charge in [-0.25, -0.2) is 0 Å². The molecule has 1 aromatic carbocycles. The highest BCUT2D eigenvalue weighted by atomic mass is 35.5. The second-order valence-corrected chi connectivity index (χ2v) is 2.85. The van der Waals surface area contributed by atoms with Gasteiger partial charge in [-0.2, -0.15) is 0 Å². The van der Waals surface area contributed by atoms with E-state index in [0.29, 0.717) is 6.61 Å². The van der Waals surface area contributed by atoms with E-state index in [-0.39, 0.29) is 0 Å². The van der Waals surface area contributed by atoms with Crippen molar-refractivity contribution in [3.8, 4) is 0 Å². The van der Waals surface area contributed by atoms with Crippen LogP contribution in [0.3, 0.4) is 0 Å². The predicted octanol–water partition coefficient (Wildman–Crippen LogP) is 3.00. The third-order valence-corrected chi connectivity index (χ3v) is 1.70. The Morgan fingerprint density at radius 3 is 2.58 bits per heavy atom. The normalized spacial score (nSPS) is 10.8. The maximum atomic E-state index is 5.72. The van der Waals surface area contributed by atoms with Gasteiger partial charge in [0.2, 0.25) is 0 Å². The molecular formula is C10H11ClO. The lowest BCUT2D eigenvalue weighted by molar-refractivity contribution is 0.234. The van der Waals surface area contributed by atoms with Gasteiger partial charge in [-0.05, 0) is 17.7 Å². The minimum atomic E-state index is 0.641. The fourth-order valence-corrected chi connectivity index (χ4v) is 0.980. The van der Waals surface area contributed by atoms with Crippen molar-refractivity contribution in [1.29, 1.82) is 0 Å². The van der Waals surface area contributed by atoms with Crippen LogP contribution < -0.4 is 0 Å². The van der Waals surface area contributed by atoms with Crippen molar-refractivity contribution < 1.29 is 4.74 Å². The zero-order valence-electron chi connectivity index (χ0n) is 6.96. The van der Waals surface area contributed by atoms with Crippen molar-refractivity contribution in [1.82, 2.24) is 0 Å². The highest BCUT2D eigenvalue weighted by molar-refractivity contribution is 6.30. The number of hydrogen-bond acceptors (Lipinski definition) is 1. The molecule has 0 N–H and O–H groups in total. The molecule has 0 aromatic heterocycles. The average molecular weight is 183 g/mol. The van der Waals surface area contributed by atoms with Crippen molar-refractivity contribution in [2.75, 3.05) is 13.7 Å². The molecule has 64 valence electrons. The Hall–Kier alpha value is -0.790. The van der Waals surface area contributed by atoms with E-state index in [1.165, 1.54) is 0 Å². The first-order valence-electron chi connectivity index (χ1n) is 3.74. The Labute approximate surface area is 77.6 Å². The first-order chi connectivity index (χ1) is 5.83. The summed E-state index contributed by atoms with van der Waals surface area (Å²) in [5.74, 6) is 0. The molecule has 0 fully saturated rings. The predicted molar refractivity (Wildman–Crippen MR) is 52.4 cm³/mol. The van der Waals surface area contributed by atoms with Crippen LogP contribution in [0.2, 0.25) is 5.02 Å². The molecule has 0 aliphatic heterocycles. The van der Waals surface area contributed by atoms with Crippen LogP contribution in [0.4, 0.5) is 0 Å². The molecule has 0 aliphatic carbocycles. The summed E-state index contributed by atoms with van der Waals surface area (Å²) in [4.78, 5) is 0. The lowest BCUT2D eigenvalue weighted by atomic mass is 10.2. The van der Waals surface area contributed by atoms with Gasteiger partial charge in [0.15, 0.2) is 0 Å². The van der Waals surface area contributed by atoms with Gasteiger partial charge in [-0.1, -0.05) is 35.9 Å². The molecule has 0 amide bonds. The minimum Gasteiger partial charge on any atom is -0.381 e. The maximum Gasteiger partial charge on any atom is 0.0646 e. The van der Waals surface area contributed by atoms with E-state index >= 15 is 0 Å². The van der Waals surface area contributed by atoms with Crippen LogP contribution in [0.1, 0.15) is 5.56 Å². The second kappa shape index (κ2) is 4.96. The van der Waals surface area contributed by atoms with Crippen LogP contribution in [0.15, 0.2) is 30.3 Å². The van der Waals surface area contributed by atoms with E-state index in [0.717, 1.165) is 10.6 Å². The largest absolute Gasteiger partial charge is 0.381 e. The molecule has 0 bridgehead atoms. The zero-order chi connectivity index (χ0) is 8.81. The van der Waals surface area contributed by atoms with Gasteiger partial charge < -0.3 is 4.74 Å². The van der Waals surface area contributed by atoms with Crippen LogP contribution >= 0.6 is 11.6 Å². The smallest absolute Gasteiger partial charge is 0.0646 e. The fourth-order valence-electron chi connectivity index (χ4n) is 0.854. The van der Waals surface area contributed by atoms with Gasteiger partial charge in [0.1, 0.15) is 0 Å². The first kappa shape index (κ1) is 9.30. The summed E-state index contributed by atoms with van der Waals surface area (Å²) in [6, 6.07) is 7.67. The Morgan fingerprint density at radius 2 is 2.00 bits per heavy atom. The number of halogens is 1. The van der Waals surface area contributed by atoms with E-state index in [1.54, 1.807) is 7.11 Å². The number of benzene rings is 1. The average Bonchev–Trinajstić information content (AvgIpc) is 2.09. The zero-order valence-corrected chi connectivity index (χ0v) is 7.71. The van der Waals surface area contributed by atoms with E-state index in [4.69, 9.17) is 16.3 Å². The van der Waals surface area contributed by atoms with Crippen LogP contribution in [-0.4, -0.2) is 13.7 Å². The molecule has 0 heterocycles. The van der Waals surface area contributed by atoms with Gasteiger partial charge in [0.25, 0.3) is 0 Å². The summed E-state index contributed by atoms with van der Waals surface area (Å²) in [7, 11) is 1.67. The summed E-state index contributed by atoms with van der Waals surface area (Å²) < 4.78 is 4.87. The van der Waals surface area contributed by atoms with Gasteiger partial charge in [0, 0.05) is 12.1 Å². The van der Waals surface area contributed by atoms with Crippen molar-refractivity contribution in [3.63, 3.8) is 0 Å². The molecule has 1 aromatic rings. The standard InChI is InChI=1S/C10H11ClO/c1-12-8-2-3-9-4-6-10(11)7-5-9/h2-7H,8H2,1H3. The van der Waals surface area contributed by atoms with E-state index < -0.39 is 0 Å². The third kappa shape index (κ3) is 3.07. The lowest BCUT2D eigenvalue weighted by Gasteiger charge is -1.93. The van der Waals surface area contributed by atoms with Crippen LogP contribution in [0.5, 0.6) is 0 Å². The molecule has 2 heteroatoms. The summed E-state index contributed by atoms with van der Waals surface area (Å²) >= 11 is 5.72. The van der Waals surface area contributed by atoms with Crippen LogP contribution in [0.25, 0.3) is 6.08 Å². The van der Waals surface area contributed by atoms with E-state index in [2.05, 4.69) is 0 Å². The monoisotopic (exact) mass is 182 g/mol. The number of methoxy groups -OCH3 is 1. The molecule has 0 atom stereocenters. The summed E-state index contributed by atoms with van der Waals surface area (Å²) in [6.07, 6.45) is 3.96. The van der Waals surface area contributed by atoms with Crippen molar-refractivity contribution in [3.05, 3.63) is 40.9 Å². The summed E-state index contributed by atoms with van der Waals surface area (Å²) in [6.45, 7) is 0.641. The molecule has 0 aliphatic rings. The number of hydrogen-bond donors (Lipinski definition) is 0. The number of ether oxygens (including phenoxy) is 1. The highest BCUT2D eigenvalue weighted by Crippen LogP contribution is 2.10.